The van der Waals surface area contributed by atoms with E-state index in [1.165, 1.54) is 18.2 Å². The van der Waals surface area contributed by atoms with Crippen molar-refractivity contribution in [2.75, 3.05) is 5.32 Å². The van der Waals surface area contributed by atoms with E-state index in [9.17, 15) is 14.5 Å². The van der Waals surface area contributed by atoms with Gasteiger partial charge in [0.25, 0.3) is 5.69 Å². The van der Waals surface area contributed by atoms with Gasteiger partial charge in [0.05, 0.1) is 21.7 Å². The van der Waals surface area contributed by atoms with Crippen LogP contribution in [0.4, 0.5) is 15.8 Å². The molecule has 0 unspecified atom stereocenters. The smallest absolute Gasteiger partial charge is 0.271 e. The van der Waals surface area contributed by atoms with E-state index in [0.29, 0.717) is 5.02 Å². The van der Waals surface area contributed by atoms with Gasteiger partial charge in [0, 0.05) is 18.1 Å². The van der Waals surface area contributed by atoms with Crippen LogP contribution in [-0.4, -0.2) is 4.92 Å². The first-order chi connectivity index (χ1) is 11.5. The molecule has 0 aromatic heterocycles. The molecule has 122 valence electrons. The van der Waals surface area contributed by atoms with Crippen molar-refractivity contribution in [3.05, 3.63) is 80.6 Å². The summed E-state index contributed by atoms with van der Waals surface area (Å²) in [5, 5.41) is 14.9. The molecule has 2 aromatic carbocycles. The maximum atomic E-state index is 13.2. The number of nitrogens with zero attached hydrogens (tertiary/aromatic N) is 1. The third-order valence-corrected chi connectivity index (χ3v) is 5.14. The number of nitrogens with one attached hydrogen (secondary N) is 1. The summed E-state index contributed by atoms with van der Waals surface area (Å²) < 4.78 is 13.2. The number of halogens is 2. The lowest BCUT2D eigenvalue weighted by Gasteiger charge is -2.37. The van der Waals surface area contributed by atoms with Crippen molar-refractivity contribution in [1.29, 1.82) is 0 Å². The predicted octanol–water partition coefficient (Wildman–Crippen LogP) is 5.21. The molecule has 0 fully saturated rings. The summed E-state index contributed by atoms with van der Waals surface area (Å²) in [6.07, 6.45) is 5.04. The molecule has 1 N–H and O–H groups in total. The van der Waals surface area contributed by atoms with Gasteiger partial charge < -0.3 is 5.32 Å². The van der Waals surface area contributed by atoms with Crippen LogP contribution in [-0.2, 0) is 0 Å². The molecule has 1 heterocycles. The van der Waals surface area contributed by atoms with Crippen molar-refractivity contribution in [3.63, 3.8) is 0 Å². The van der Waals surface area contributed by atoms with E-state index in [1.807, 2.05) is 0 Å². The Labute approximate surface area is 143 Å². The minimum absolute atomic E-state index is 0.000155. The highest BCUT2D eigenvalue weighted by molar-refractivity contribution is 6.33. The molecule has 2 aliphatic rings. The monoisotopic (exact) mass is 344 g/mol. The summed E-state index contributed by atoms with van der Waals surface area (Å²) in [6.45, 7) is 0. The quantitative estimate of drug-likeness (QED) is 0.462. The van der Waals surface area contributed by atoms with Crippen molar-refractivity contribution in [2.45, 2.75) is 18.4 Å². The Kier molecular flexibility index (Phi) is 3.53. The third kappa shape index (κ3) is 2.36. The molecule has 0 amide bonds. The average molecular weight is 345 g/mol. The summed E-state index contributed by atoms with van der Waals surface area (Å²) in [7, 11) is 0. The summed E-state index contributed by atoms with van der Waals surface area (Å²) in [5.41, 5.74) is 2.56. The number of hydrogen-bond donors (Lipinski definition) is 1. The lowest BCUT2D eigenvalue weighted by molar-refractivity contribution is -0.384. The Morgan fingerprint density at radius 1 is 1.25 bits per heavy atom. The number of fused-ring (bicyclic) bond motifs is 3. The molecule has 0 radical (unpaired) electrons. The van der Waals surface area contributed by atoms with Crippen molar-refractivity contribution in [3.8, 4) is 0 Å². The molecule has 1 aliphatic heterocycles. The Balaban J connectivity index is 1.82. The van der Waals surface area contributed by atoms with Gasteiger partial charge >= 0.3 is 0 Å². The molecule has 4 rings (SSSR count). The highest BCUT2D eigenvalue weighted by Gasteiger charge is 2.39. The van der Waals surface area contributed by atoms with Crippen LogP contribution >= 0.6 is 11.6 Å². The topological polar surface area (TPSA) is 55.2 Å². The molecule has 2 aromatic rings. The normalized spacial score (nSPS) is 24.2. The van der Waals surface area contributed by atoms with Crippen molar-refractivity contribution >= 4 is 23.0 Å². The number of hydrogen-bond acceptors (Lipinski definition) is 3. The minimum atomic E-state index is -0.425. The zero-order valence-corrected chi connectivity index (χ0v) is 13.3. The maximum Gasteiger partial charge on any atom is 0.271 e. The molecule has 0 saturated heterocycles. The minimum Gasteiger partial charge on any atom is -0.376 e. The fourth-order valence-corrected chi connectivity index (χ4v) is 4.02. The Bertz CT molecular complexity index is 851. The molecule has 6 heteroatoms. The van der Waals surface area contributed by atoms with E-state index in [2.05, 4.69) is 17.5 Å². The molecule has 0 bridgehead atoms. The number of non-ortho nitro benzene ring substituents is 1. The number of benzene rings is 2. The molecule has 3 atom stereocenters. The Morgan fingerprint density at radius 2 is 2.00 bits per heavy atom. The van der Waals surface area contributed by atoms with Gasteiger partial charge in [0.2, 0.25) is 0 Å². The van der Waals surface area contributed by atoms with Crippen LogP contribution in [0, 0.1) is 21.8 Å². The average Bonchev–Trinajstić information content (AvgIpc) is 3.05. The second-order valence-electron chi connectivity index (χ2n) is 6.18. The fourth-order valence-electron chi connectivity index (χ4n) is 3.75. The van der Waals surface area contributed by atoms with Crippen molar-refractivity contribution in [1.82, 2.24) is 0 Å². The van der Waals surface area contributed by atoms with E-state index in [0.717, 1.165) is 23.2 Å². The van der Waals surface area contributed by atoms with Gasteiger partial charge in [-0.15, -0.1) is 0 Å². The summed E-state index contributed by atoms with van der Waals surface area (Å²) in [6, 6.07) is 9.38. The van der Waals surface area contributed by atoms with Gasteiger partial charge in [-0.3, -0.25) is 10.1 Å². The molecule has 1 aliphatic carbocycles. The van der Waals surface area contributed by atoms with Gasteiger partial charge in [-0.1, -0.05) is 35.9 Å². The first-order valence-electron chi connectivity index (χ1n) is 7.71. The largest absolute Gasteiger partial charge is 0.376 e. The van der Waals surface area contributed by atoms with Gasteiger partial charge in [-0.25, -0.2) is 4.39 Å². The van der Waals surface area contributed by atoms with Gasteiger partial charge in [-0.05, 0) is 35.6 Å². The lowest BCUT2D eigenvalue weighted by atomic mass is 9.77. The Hall–Kier alpha value is -2.40. The molecule has 0 saturated carbocycles. The van der Waals surface area contributed by atoms with E-state index >= 15 is 0 Å². The van der Waals surface area contributed by atoms with E-state index < -0.39 is 4.92 Å². The zero-order chi connectivity index (χ0) is 16.8. The van der Waals surface area contributed by atoms with Gasteiger partial charge in [0.1, 0.15) is 5.82 Å². The standard InChI is InChI=1S/C18H14ClFN2O2/c19-16-9-12(22(23)24)8-15-13-2-1-3-14(13)17(21-18(15)16)10-4-6-11(20)7-5-10/h1-2,4-9,13-14,17,21H,3H2/t13-,14+,17-/m1/s1. The van der Waals surface area contributed by atoms with Crippen LogP contribution in [0.1, 0.15) is 29.5 Å². The molecule has 24 heavy (non-hydrogen) atoms. The van der Waals surface area contributed by atoms with Crippen LogP contribution in [0.25, 0.3) is 0 Å². The van der Waals surface area contributed by atoms with Crippen LogP contribution in [0.2, 0.25) is 5.02 Å². The molecule has 0 spiro atoms. The summed E-state index contributed by atoms with van der Waals surface area (Å²) in [4.78, 5) is 10.7. The van der Waals surface area contributed by atoms with Crippen LogP contribution in [0.15, 0.2) is 48.6 Å². The fraction of sp³-hybridized carbons (Fsp3) is 0.222. The van der Waals surface area contributed by atoms with E-state index in [4.69, 9.17) is 11.6 Å². The number of rotatable bonds is 2. The van der Waals surface area contributed by atoms with Crippen molar-refractivity contribution < 1.29 is 9.31 Å². The van der Waals surface area contributed by atoms with Gasteiger partial charge in [0.15, 0.2) is 0 Å². The van der Waals surface area contributed by atoms with Gasteiger partial charge in [-0.2, -0.15) is 0 Å². The highest BCUT2D eigenvalue weighted by atomic mass is 35.5. The zero-order valence-electron chi connectivity index (χ0n) is 12.6. The number of nitro benzene ring substituents is 1. The molecular weight excluding hydrogens is 331 g/mol. The number of nitro groups is 1. The summed E-state index contributed by atoms with van der Waals surface area (Å²) in [5.74, 6) is 0.0134. The first kappa shape index (κ1) is 15.1. The lowest BCUT2D eigenvalue weighted by Crippen LogP contribution is -2.29. The van der Waals surface area contributed by atoms with Crippen molar-refractivity contribution in [2.24, 2.45) is 5.92 Å². The van der Waals surface area contributed by atoms with Crippen LogP contribution in [0.3, 0.4) is 0 Å². The maximum absolute atomic E-state index is 13.2. The molecular formula is C18H14ClFN2O2. The third-order valence-electron chi connectivity index (χ3n) is 4.85. The summed E-state index contributed by atoms with van der Waals surface area (Å²) >= 11 is 6.31. The molecule has 4 nitrogen and oxygen atoms in total. The number of allylic oxidation sites excluding steroid dienone is 2. The second kappa shape index (κ2) is 5.60. The predicted molar refractivity (Wildman–Crippen MR) is 90.9 cm³/mol. The Morgan fingerprint density at radius 3 is 2.71 bits per heavy atom. The second-order valence-corrected chi connectivity index (χ2v) is 6.58. The van der Waals surface area contributed by atoms with Crippen LogP contribution < -0.4 is 5.32 Å². The SMILES string of the molecule is O=[N+]([O-])c1cc(Cl)c2c(c1)[C@@H]1C=CC[C@@H]1[C@@H](c1ccc(F)cc1)N2. The number of anilines is 1. The first-order valence-corrected chi connectivity index (χ1v) is 8.09. The van der Waals surface area contributed by atoms with E-state index in [1.54, 1.807) is 18.2 Å². The van der Waals surface area contributed by atoms with Crippen LogP contribution in [0.5, 0.6) is 0 Å². The highest BCUT2D eigenvalue weighted by Crippen LogP contribution is 2.52. The van der Waals surface area contributed by atoms with E-state index in [-0.39, 0.29) is 29.4 Å².